The van der Waals surface area contributed by atoms with Crippen LogP contribution in [0, 0.1) is 17.3 Å². The van der Waals surface area contributed by atoms with Crippen LogP contribution in [0.5, 0.6) is 0 Å². The van der Waals surface area contributed by atoms with E-state index in [9.17, 15) is 4.79 Å². The van der Waals surface area contributed by atoms with Crippen LogP contribution in [0.2, 0.25) is 0 Å². The van der Waals surface area contributed by atoms with Crippen LogP contribution in [-0.2, 0) is 9.53 Å². The lowest BCUT2D eigenvalue weighted by molar-refractivity contribution is -0.139. The summed E-state index contributed by atoms with van der Waals surface area (Å²) in [7, 11) is 0. The molecule has 2 saturated carbocycles. The summed E-state index contributed by atoms with van der Waals surface area (Å²) in [6.45, 7) is 10.5. The van der Waals surface area contributed by atoms with Crippen molar-refractivity contribution in [3.8, 4) is 0 Å². The van der Waals surface area contributed by atoms with Gasteiger partial charge in [-0.05, 0) is 61.9 Å². The number of esters is 1. The molecular formula is C17H26O2. The Hall–Kier alpha value is -1.05. The highest BCUT2D eigenvalue weighted by atomic mass is 16.5. The van der Waals surface area contributed by atoms with Gasteiger partial charge in [0.15, 0.2) is 0 Å². The van der Waals surface area contributed by atoms with Gasteiger partial charge in [-0.15, -0.1) is 0 Å². The van der Waals surface area contributed by atoms with E-state index in [2.05, 4.69) is 19.6 Å². The number of allylic oxidation sites excluding steroid dienone is 2. The third kappa shape index (κ3) is 3.10. The number of hydrogen-bond donors (Lipinski definition) is 0. The summed E-state index contributed by atoms with van der Waals surface area (Å²) in [5.74, 6) is 1.41. The highest BCUT2D eigenvalue weighted by molar-refractivity contribution is 5.66. The zero-order valence-corrected chi connectivity index (χ0v) is 12.5. The predicted molar refractivity (Wildman–Crippen MR) is 77.7 cm³/mol. The number of carbonyl (C=O) groups is 1. The maximum absolute atomic E-state index is 10.7. The van der Waals surface area contributed by atoms with Gasteiger partial charge in [-0.2, -0.15) is 0 Å². The molecule has 2 rings (SSSR count). The van der Waals surface area contributed by atoms with Crippen molar-refractivity contribution < 1.29 is 9.53 Å². The molecule has 2 fully saturated rings. The number of carbonyl (C=O) groups excluding carboxylic acids is 1. The molecule has 0 amide bonds. The lowest BCUT2D eigenvalue weighted by Gasteiger charge is -2.20. The normalized spacial score (nSPS) is 31.0. The van der Waals surface area contributed by atoms with Crippen molar-refractivity contribution in [1.82, 2.24) is 0 Å². The standard InChI is InChI=1S/C17H26O2/c1-12(11-19-15(4)18)6-5-7-14(3)17-9-8-13(2)16(17)10-17/h6,14,16H,2,5,7-11H2,1,3-4H3. The molecule has 0 spiro atoms. The maximum Gasteiger partial charge on any atom is 0.302 e. The van der Waals surface area contributed by atoms with Gasteiger partial charge >= 0.3 is 5.97 Å². The van der Waals surface area contributed by atoms with E-state index in [1.54, 1.807) is 0 Å². The molecule has 19 heavy (non-hydrogen) atoms. The fourth-order valence-electron chi connectivity index (χ4n) is 3.65. The summed E-state index contributed by atoms with van der Waals surface area (Å²) < 4.78 is 4.98. The van der Waals surface area contributed by atoms with Gasteiger partial charge in [0.05, 0.1) is 0 Å². The molecule has 0 bridgehead atoms. The predicted octanol–water partition coefficient (Wildman–Crippen LogP) is 4.27. The van der Waals surface area contributed by atoms with Crippen molar-refractivity contribution in [2.45, 2.75) is 52.9 Å². The fraction of sp³-hybridized carbons (Fsp3) is 0.706. The van der Waals surface area contributed by atoms with Crippen molar-refractivity contribution >= 4 is 5.97 Å². The summed E-state index contributed by atoms with van der Waals surface area (Å²) in [4.78, 5) is 10.7. The van der Waals surface area contributed by atoms with Crippen LogP contribution in [-0.4, -0.2) is 12.6 Å². The van der Waals surface area contributed by atoms with Gasteiger partial charge in [0.2, 0.25) is 0 Å². The molecule has 2 aliphatic carbocycles. The summed E-state index contributed by atoms with van der Waals surface area (Å²) in [5, 5.41) is 0. The first kappa shape index (κ1) is 14.4. The molecule has 3 atom stereocenters. The Labute approximate surface area is 116 Å². The van der Waals surface area contributed by atoms with Crippen LogP contribution in [0.1, 0.15) is 52.9 Å². The van der Waals surface area contributed by atoms with E-state index < -0.39 is 0 Å². The molecule has 0 saturated heterocycles. The summed E-state index contributed by atoms with van der Waals surface area (Å²) in [5.41, 5.74) is 3.26. The van der Waals surface area contributed by atoms with Crippen molar-refractivity contribution in [3.05, 3.63) is 23.8 Å². The number of ether oxygens (including phenoxy) is 1. The van der Waals surface area contributed by atoms with E-state index in [1.165, 1.54) is 38.2 Å². The first-order valence-electron chi connectivity index (χ1n) is 7.42. The number of fused-ring (bicyclic) bond motifs is 1. The van der Waals surface area contributed by atoms with Crippen molar-refractivity contribution in [3.63, 3.8) is 0 Å². The van der Waals surface area contributed by atoms with Gasteiger partial charge in [0, 0.05) is 6.92 Å². The maximum atomic E-state index is 10.7. The zero-order valence-electron chi connectivity index (χ0n) is 12.5. The van der Waals surface area contributed by atoms with Gasteiger partial charge in [0.1, 0.15) is 6.61 Å². The smallest absolute Gasteiger partial charge is 0.302 e. The monoisotopic (exact) mass is 262 g/mol. The molecule has 2 nitrogen and oxygen atoms in total. The Morgan fingerprint density at radius 1 is 1.58 bits per heavy atom. The minimum Gasteiger partial charge on any atom is -0.461 e. The third-order valence-corrected chi connectivity index (χ3v) is 5.10. The third-order valence-electron chi connectivity index (χ3n) is 5.10. The average Bonchev–Trinajstić information content (AvgIpc) is 3.02. The quantitative estimate of drug-likeness (QED) is 0.528. The summed E-state index contributed by atoms with van der Waals surface area (Å²) in [6, 6.07) is 0. The van der Waals surface area contributed by atoms with Gasteiger partial charge in [-0.1, -0.05) is 25.2 Å². The largest absolute Gasteiger partial charge is 0.461 e. The highest BCUT2D eigenvalue weighted by Gasteiger charge is 2.60. The lowest BCUT2D eigenvalue weighted by atomic mass is 9.85. The highest BCUT2D eigenvalue weighted by Crippen LogP contribution is 2.69. The molecule has 2 aliphatic rings. The molecule has 0 aromatic heterocycles. The minimum atomic E-state index is -0.203. The number of rotatable bonds is 6. The van der Waals surface area contributed by atoms with E-state index in [0.717, 1.165) is 23.8 Å². The fourth-order valence-corrected chi connectivity index (χ4v) is 3.65. The van der Waals surface area contributed by atoms with E-state index in [4.69, 9.17) is 4.74 Å². The van der Waals surface area contributed by atoms with Crippen molar-refractivity contribution in [1.29, 1.82) is 0 Å². The second-order valence-corrected chi connectivity index (χ2v) is 6.46. The van der Waals surface area contributed by atoms with E-state index in [0.29, 0.717) is 12.0 Å². The lowest BCUT2D eigenvalue weighted by Crippen LogP contribution is -2.12. The molecule has 0 N–H and O–H groups in total. The second-order valence-electron chi connectivity index (χ2n) is 6.46. The van der Waals surface area contributed by atoms with E-state index >= 15 is 0 Å². The SMILES string of the molecule is C=C1CCC2(C(C)CCC=C(C)COC(C)=O)CC12. The van der Waals surface area contributed by atoms with Crippen LogP contribution in [0.3, 0.4) is 0 Å². The Morgan fingerprint density at radius 3 is 2.84 bits per heavy atom. The molecule has 3 unspecified atom stereocenters. The Morgan fingerprint density at radius 2 is 2.32 bits per heavy atom. The van der Waals surface area contributed by atoms with Gasteiger partial charge < -0.3 is 4.74 Å². The molecule has 0 aromatic rings. The van der Waals surface area contributed by atoms with Crippen LogP contribution >= 0.6 is 0 Å². The van der Waals surface area contributed by atoms with Crippen molar-refractivity contribution in [2.75, 3.05) is 6.61 Å². The molecule has 0 radical (unpaired) electrons. The Balaban J connectivity index is 1.73. The minimum absolute atomic E-state index is 0.203. The topological polar surface area (TPSA) is 26.3 Å². The van der Waals surface area contributed by atoms with Crippen LogP contribution < -0.4 is 0 Å². The average molecular weight is 262 g/mol. The van der Waals surface area contributed by atoms with Crippen LogP contribution in [0.15, 0.2) is 23.8 Å². The molecule has 0 aromatic carbocycles. The zero-order chi connectivity index (χ0) is 14.0. The molecule has 0 aliphatic heterocycles. The van der Waals surface area contributed by atoms with E-state index in [-0.39, 0.29) is 5.97 Å². The first-order valence-corrected chi connectivity index (χ1v) is 7.42. The Bertz CT molecular complexity index is 407. The van der Waals surface area contributed by atoms with Gasteiger partial charge in [-0.25, -0.2) is 0 Å². The summed E-state index contributed by atoms with van der Waals surface area (Å²) >= 11 is 0. The molecule has 106 valence electrons. The first-order chi connectivity index (χ1) is 8.95. The van der Waals surface area contributed by atoms with Crippen LogP contribution in [0.4, 0.5) is 0 Å². The van der Waals surface area contributed by atoms with E-state index in [1.807, 2.05) is 6.92 Å². The second kappa shape index (κ2) is 5.52. The molecular weight excluding hydrogens is 236 g/mol. The van der Waals surface area contributed by atoms with Crippen molar-refractivity contribution in [2.24, 2.45) is 17.3 Å². The van der Waals surface area contributed by atoms with Crippen LogP contribution in [0.25, 0.3) is 0 Å². The molecule has 0 heterocycles. The summed E-state index contributed by atoms with van der Waals surface area (Å²) in [6.07, 6.45) is 8.53. The molecule has 2 heteroatoms. The Kier molecular flexibility index (Phi) is 4.17. The van der Waals surface area contributed by atoms with Gasteiger partial charge in [-0.3, -0.25) is 4.79 Å². The van der Waals surface area contributed by atoms with Gasteiger partial charge in [0.25, 0.3) is 0 Å². The number of hydrogen-bond acceptors (Lipinski definition) is 2.